The van der Waals surface area contributed by atoms with Gasteiger partial charge in [0.15, 0.2) is 0 Å². The molecule has 0 saturated carbocycles. The fourth-order valence-electron chi connectivity index (χ4n) is 6.68. The zero-order valence-corrected chi connectivity index (χ0v) is 25.4. The van der Waals surface area contributed by atoms with E-state index in [1.54, 1.807) is 0 Å². The van der Waals surface area contributed by atoms with Crippen molar-refractivity contribution in [3.8, 4) is 33.6 Å². The van der Waals surface area contributed by atoms with Crippen molar-refractivity contribution in [1.82, 2.24) is 19.5 Å². The van der Waals surface area contributed by atoms with E-state index in [-0.39, 0.29) is 5.54 Å². The standard InChI is InChI=1S/C39H33N5/c1-38(2)39(3,4)44(37-40-31-25-24-26-16-14-15-23-30(26)35(31)43(37)38)36-41-33(28-19-10-6-11-20-28)32(27-17-8-5-9-18-27)34(42-36)29-21-12-7-13-22-29/h5-25H,1-4H3. The highest BCUT2D eigenvalue weighted by Crippen LogP contribution is 2.52. The van der Waals surface area contributed by atoms with Gasteiger partial charge in [0.05, 0.1) is 33.5 Å². The molecule has 8 rings (SSSR count). The van der Waals surface area contributed by atoms with Gasteiger partial charge in [0.1, 0.15) is 0 Å². The SMILES string of the molecule is CC1(C)N(c2nc(-c3ccccc3)c(-c3ccccc3)c(-c3ccccc3)n2)c2nc3ccc4ccccc4c3n2C1(C)C. The normalized spacial score (nSPS) is 15.1. The molecule has 0 aliphatic carbocycles. The molecule has 3 heterocycles. The van der Waals surface area contributed by atoms with E-state index in [9.17, 15) is 0 Å². The third kappa shape index (κ3) is 3.75. The number of hydrogen-bond donors (Lipinski definition) is 0. The minimum atomic E-state index is -0.406. The van der Waals surface area contributed by atoms with Crippen molar-refractivity contribution in [1.29, 1.82) is 0 Å². The van der Waals surface area contributed by atoms with Crippen LogP contribution >= 0.6 is 0 Å². The first kappa shape index (κ1) is 26.3. The van der Waals surface area contributed by atoms with Gasteiger partial charge in [-0.3, -0.25) is 4.90 Å². The Hall–Kier alpha value is -5.29. The molecule has 5 aromatic carbocycles. The number of fused-ring (bicyclic) bond motifs is 5. The minimum Gasteiger partial charge on any atom is -0.301 e. The first-order valence-corrected chi connectivity index (χ1v) is 15.2. The van der Waals surface area contributed by atoms with Gasteiger partial charge in [-0.2, -0.15) is 0 Å². The largest absolute Gasteiger partial charge is 0.301 e. The van der Waals surface area contributed by atoms with Crippen molar-refractivity contribution in [3.63, 3.8) is 0 Å². The lowest BCUT2D eigenvalue weighted by Gasteiger charge is -2.40. The molecule has 0 spiro atoms. The highest BCUT2D eigenvalue weighted by molar-refractivity contribution is 6.06. The Morgan fingerprint density at radius 3 is 1.61 bits per heavy atom. The van der Waals surface area contributed by atoms with Gasteiger partial charge in [0.25, 0.3) is 0 Å². The summed E-state index contributed by atoms with van der Waals surface area (Å²) in [5, 5.41) is 2.40. The van der Waals surface area contributed by atoms with Gasteiger partial charge < -0.3 is 4.57 Å². The molecule has 7 aromatic rings. The Labute approximate surface area is 257 Å². The van der Waals surface area contributed by atoms with E-state index in [0.717, 1.165) is 50.6 Å². The maximum Gasteiger partial charge on any atom is 0.234 e. The summed E-state index contributed by atoms with van der Waals surface area (Å²) in [6.45, 7) is 9.15. The van der Waals surface area contributed by atoms with Gasteiger partial charge in [0.2, 0.25) is 11.9 Å². The Kier molecular flexibility index (Phi) is 5.76. The van der Waals surface area contributed by atoms with Crippen molar-refractivity contribution in [2.45, 2.75) is 38.8 Å². The van der Waals surface area contributed by atoms with Crippen molar-refractivity contribution in [2.75, 3.05) is 4.90 Å². The van der Waals surface area contributed by atoms with Crippen LogP contribution in [0.3, 0.4) is 0 Å². The van der Waals surface area contributed by atoms with Crippen molar-refractivity contribution in [2.24, 2.45) is 0 Å². The van der Waals surface area contributed by atoms with Crippen LogP contribution in [0.5, 0.6) is 0 Å². The van der Waals surface area contributed by atoms with E-state index in [1.165, 1.54) is 10.8 Å². The summed E-state index contributed by atoms with van der Waals surface area (Å²) in [6, 6.07) is 44.3. The molecule has 5 nitrogen and oxygen atoms in total. The fourth-order valence-corrected chi connectivity index (χ4v) is 6.68. The first-order chi connectivity index (χ1) is 21.4. The molecule has 2 aromatic heterocycles. The lowest BCUT2D eigenvalue weighted by Crippen LogP contribution is -2.51. The lowest BCUT2D eigenvalue weighted by molar-refractivity contribution is 0.252. The highest BCUT2D eigenvalue weighted by Gasteiger charge is 2.54. The molecular weight excluding hydrogens is 538 g/mol. The monoisotopic (exact) mass is 571 g/mol. The van der Waals surface area contributed by atoms with Crippen LogP contribution in [0.25, 0.3) is 55.4 Å². The predicted molar refractivity (Wildman–Crippen MR) is 181 cm³/mol. The van der Waals surface area contributed by atoms with Crippen LogP contribution in [0.4, 0.5) is 11.9 Å². The van der Waals surface area contributed by atoms with E-state index in [2.05, 4.69) is 146 Å². The average molecular weight is 572 g/mol. The van der Waals surface area contributed by atoms with Crippen LogP contribution in [-0.4, -0.2) is 25.1 Å². The van der Waals surface area contributed by atoms with E-state index in [1.807, 2.05) is 18.2 Å². The molecule has 0 amide bonds. The molecule has 0 saturated heterocycles. The number of benzene rings is 5. The maximum absolute atomic E-state index is 5.44. The van der Waals surface area contributed by atoms with E-state index in [4.69, 9.17) is 15.0 Å². The molecule has 1 aliphatic rings. The second-order valence-corrected chi connectivity index (χ2v) is 12.5. The van der Waals surface area contributed by atoms with Gasteiger partial charge >= 0.3 is 0 Å². The zero-order valence-electron chi connectivity index (χ0n) is 25.4. The molecule has 5 heteroatoms. The second-order valence-electron chi connectivity index (χ2n) is 12.5. The number of rotatable bonds is 4. The van der Waals surface area contributed by atoms with Crippen LogP contribution in [0, 0.1) is 0 Å². The van der Waals surface area contributed by atoms with Crippen molar-refractivity contribution >= 4 is 33.7 Å². The predicted octanol–water partition coefficient (Wildman–Crippen LogP) is 9.65. The maximum atomic E-state index is 5.44. The first-order valence-electron chi connectivity index (χ1n) is 15.2. The van der Waals surface area contributed by atoms with Crippen LogP contribution in [-0.2, 0) is 5.54 Å². The average Bonchev–Trinajstić information content (AvgIpc) is 3.51. The Morgan fingerprint density at radius 1 is 0.500 bits per heavy atom. The van der Waals surface area contributed by atoms with Gasteiger partial charge in [-0.05, 0) is 44.7 Å². The summed E-state index contributed by atoms with van der Waals surface area (Å²) in [5.41, 5.74) is 7.36. The van der Waals surface area contributed by atoms with Gasteiger partial charge in [-0.15, -0.1) is 0 Å². The highest BCUT2D eigenvalue weighted by atomic mass is 15.5. The molecule has 214 valence electrons. The van der Waals surface area contributed by atoms with Crippen LogP contribution in [0.1, 0.15) is 27.7 Å². The molecule has 0 radical (unpaired) electrons. The summed E-state index contributed by atoms with van der Waals surface area (Å²) in [4.78, 5) is 18.4. The van der Waals surface area contributed by atoms with Gasteiger partial charge in [-0.1, -0.05) is 121 Å². The van der Waals surface area contributed by atoms with E-state index in [0.29, 0.717) is 5.95 Å². The molecule has 1 aliphatic heterocycles. The minimum absolute atomic E-state index is 0.331. The van der Waals surface area contributed by atoms with Crippen LogP contribution in [0.15, 0.2) is 127 Å². The second kappa shape index (κ2) is 9.61. The number of hydrogen-bond acceptors (Lipinski definition) is 4. The van der Waals surface area contributed by atoms with Crippen LogP contribution < -0.4 is 4.90 Å². The molecule has 0 bridgehead atoms. The van der Waals surface area contributed by atoms with E-state index < -0.39 is 5.54 Å². The number of anilines is 2. The van der Waals surface area contributed by atoms with Crippen molar-refractivity contribution in [3.05, 3.63) is 127 Å². The Balaban J connectivity index is 1.47. The van der Waals surface area contributed by atoms with Crippen LogP contribution in [0.2, 0.25) is 0 Å². The lowest BCUT2D eigenvalue weighted by atomic mass is 9.82. The molecule has 0 N–H and O–H groups in total. The van der Waals surface area contributed by atoms with E-state index >= 15 is 0 Å². The zero-order chi connectivity index (χ0) is 30.1. The summed E-state index contributed by atoms with van der Waals surface area (Å²) >= 11 is 0. The summed E-state index contributed by atoms with van der Waals surface area (Å²) in [7, 11) is 0. The van der Waals surface area contributed by atoms with Gasteiger partial charge in [-0.25, -0.2) is 15.0 Å². The number of aromatic nitrogens is 4. The third-order valence-electron chi connectivity index (χ3n) is 9.59. The smallest absolute Gasteiger partial charge is 0.234 e. The topological polar surface area (TPSA) is 46.8 Å². The Bertz CT molecular complexity index is 2100. The van der Waals surface area contributed by atoms with Gasteiger partial charge in [0, 0.05) is 22.1 Å². The summed E-state index contributed by atoms with van der Waals surface area (Å²) in [5.74, 6) is 1.50. The van der Waals surface area contributed by atoms with Crippen molar-refractivity contribution < 1.29 is 0 Å². The molecule has 0 unspecified atom stereocenters. The molecule has 0 atom stereocenters. The summed E-state index contributed by atoms with van der Waals surface area (Å²) < 4.78 is 2.41. The summed E-state index contributed by atoms with van der Waals surface area (Å²) in [6.07, 6.45) is 0. The Morgan fingerprint density at radius 2 is 1.02 bits per heavy atom. The number of imidazole rings is 1. The number of nitrogens with zero attached hydrogens (tertiary/aromatic N) is 5. The molecule has 44 heavy (non-hydrogen) atoms. The fraction of sp³-hybridized carbons (Fsp3) is 0.154. The third-order valence-corrected chi connectivity index (χ3v) is 9.59. The molecule has 0 fully saturated rings. The molecular formula is C39H33N5. The quantitative estimate of drug-likeness (QED) is 0.211.